The third-order valence-corrected chi connectivity index (χ3v) is 4.10. The summed E-state index contributed by atoms with van der Waals surface area (Å²) in [4.78, 5) is 18.5. The molecule has 22 heavy (non-hydrogen) atoms. The van der Waals surface area contributed by atoms with Crippen molar-refractivity contribution in [3.8, 4) is 11.3 Å². The van der Waals surface area contributed by atoms with Crippen LogP contribution in [0.3, 0.4) is 0 Å². The van der Waals surface area contributed by atoms with Crippen molar-refractivity contribution >= 4 is 17.0 Å². The van der Waals surface area contributed by atoms with E-state index < -0.39 is 0 Å². The van der Waals surface area contributed by atoms with Crippen LogP contribution >= 0.6 is 0 Å². The van der Waals surface area contributed by atoms with Gasteiger partial charge in [0.2, 0.25) is 0 Å². The van der Waals surface area contributed by atoms with E-state index in [0.29, 0.717) is 0 Å². The molecule has 1 saturated heterocycles. The summed E-state index contributed by atoms with van der Waals surface area (Å²) in [5.74, 6) is 0.893. The molecule has 1 aliphatic rings. The van der Waals surface area contributed by atoms with E-state index in [-0.39, 0.29) is 5.91 Å². The highest BCUT2D eigenvalue weighted by Gasteiger charge is 2.19. The van der Waals surface area contributed by atoms with Crippen LogP contribution in [0.25, 0.3) is 22.4 Å². The molecule has 4 rings (SSSR count). The van der Waals surface area contributed by atoms with E-state index in [9.17, 15) is 4.79 Å². The van der Waals surface area contributed by atoms with Gasteiger partial charge in [-0.05, 0) is 37.1 Å². The maximum absolute atomic E-state index is 12.3. The van der Waals surface area contributed by atoms with Gasteiger partial charge >= 0.3 is 0 Å². The Hall–Kier alpha value is -2.62. The first-order chi connectivity index (χ1) is 10.8. The van der Waals surface area contributed by atoms with Crippen molar-refractivity contribution in [1.29, 1.82) is 0 Å². The zero-order valence-corrected chi connectivity index (χ0v) is 12.2. The van der Waals surface area contributed by atoms with Gasteiger partial charge in [0.05, 0.1) is 0 Å². The number of hydrogen-bond donors (Lipinski definition) is 0. The summed E-state index contributed by atoms with van der Waals surface area (Å²) in [6.07, 6.45) is 3.96. The van der Waals surface area contributed by atoms with Crippen LogP contribution in [0.15, 0.2) is 53.1 Å². The standard InChI is InChI=1S/C18H16N2O2/c21-18(20-10-1-2-11-20)14-7-5-13(6-8-14)17-12-15-16(22-17)4-3-9-19-15/h3-9,12H,1-2,10-11H2. The summed E-state index contributed by atoms with van der Waals surface area (Å²) in [5, 5.41) is 0. The van der Waals surface area contributed by atoms with Crippen molar-refractivity contribution in [2.75, 3.05) is 13.1 Å². The highest BCUT2D eigenvalue weighted by Crippen LogP contribution is 2.27. The molecular weight excluding hydrogens is 276 g/mol. The van der Waals surface area contributed by atoms with Crippen molar-refractivity contribution in [2.24, 2.45) is 0 Å². The smallest absolute Gasteiger partial charge is 0.253 e. The molecule has 0 atom stereocenters. The molecule has 3 heterocycles. The molecule has 1 aliphatic heterocycles. The van der Waals surface area contributed by atoms with E-state index >= 15 is 0 Å². The van der Waals surface area contributed by atoms with E-state index in [2.05, 4.69) is 4.98 Å². The van der Waals surface area contributed by atoms with Crippen LogP contribution in [-0.4, -0.2) is 28.9 Å². The molecule has 3 aromatic rings. The molecule has 0 bridgehead atoms. The zero-order chi connectivity index (χ0) is 14.9. The van der Waals surface area contributed by atoms with Gasteiger partial charge in [0.1, 0.15) is 11.3 Å². The summed E-state index contributed by atoms with van der Waals surface area (Å²) < 4.78 is 5.80. The van der Waals surface area contributed by atoms with E-state index in [1.165, 1.54) is 0 Å². The molecule has 1 amide bonds. The first-order valence-corrected chi connectivity index (χ1v) is 7.55. The van der Waals surface area contributed by atoms with Crippen molar-refractivity contribution in [3.05, 3.63) is 54.2 Å². The van der Waals surface area contributed by atoms with Crippen LogP contribution < -0.4 is 0 Å². The Morgan fingerprint density at radius 3 is 2.59 bits per heavy atom. The quantitative estimate of drug-likeness (QED) is 0.723. The fourth-order valence-electron chi connectivity index (χ4n) is 2.89. The van der Waals surface area contributed by atoms with E-state index in [1.807, 2.05) is 47.4 Å². The van der Waals surface area contributed by atoms with Gasteiger partial charge < -0.3 is 9.32 Å². The SMILES string of the molecule is O=C(c1ccc(-c2cc3ncccc3o2)cc1)N1CCCC1. The summed E-state index contributed by atoms with van der Waals surface area (Å²) >= 11 is 0. The van der Waals surface area contributed by atoms with Gasteiger partial charge in [-0.1, -0.05) is 12.1 Å². The van der Waals surface area contributed by atoms with Crippen LogP contribution in [0.1, 0.15) is 23.2 Å². The van der Waals surface area contributed by atoms with E-state index in [4.69, 9.17) is 4.42 Å². The number of furan rings is 1. The van der Waals surface area contributed by atoms with Gasteiger partial charge in [-0.25, -0.2) is 0 Å². The van der Waals surface area contributed by atoms with Crippen LogP contribution in [0.5, 0.6) is 0 Å². The molecule has 2 aromatic heterocycles. The van der Waals surface area contributed by atoms with Crippen molar-refractivity contribution < 1.29 is 9.21 Å². The fraction of sp³-hybridized carbons (Fsp3) is 0.222. The largest absolute Gasteiger partial charge is 0.454 e. The number of carbonyl (C=O) groups excluding carboxylic acids is 1. The Morgan fingerprint density at radius 2 is 1.86 bits per heavy atom. The Kier molecular flexibility index (Phi) is 3.15. The number of hydrogen-bond acceptors (Lipinski definition) is 3. The minimum atomic E-state index is 0.121. The Balaban J connectivity index is 1.62. The third-order valence-electron chi connectivity index (χ3n) is 4.10. The molecule has 0 aliphatic carbocycles. The average molecular weight is 292 g/mol. The Labute approximate surface area is 128 Å². The van der Waals surface area contributed by atoms with Crippen LogP contribution in [0.4, 0.5) is 0 Å². The second-order valence-electron chi connectivity index (χ2n) is 5.57. The Morgan fingerprint density at radius 1 is 1.09 bits per heavy atom. The van der Waals surface area contributed by atoms with Crippen LogP contribution in [0.2, 0.25) is 0 Å². The molecule has 0 unspecified atom stereocenters. The average Bonchev–Trinajstić information content (AvgIpc) is 3.23. The van der Waals surface area contributed by atoms with Crippen LogP contribution in [-0.2, 0) is 0 Å². The number of likely N-dealkylation sites (tertiary alicyclic amines) is 1. The van der Waals surface area contributed by atoms with Gasteiger partial charge in [-0.2, -0.15) is 0 Å². The van der Waals surface area contributed by atoms with Gasteiger partial charge in [-0.3, -0.25) is 9.78 Å². The van der Waals surface area contributed by atoms with Gasteiger partial charge in [0, 0.05) is 36.5 Å². The topological polar surface area (TPSA) is 46.3 Å². The highest BCUT2D eigenvalue weighted by atomic mass is 16.3. The molecule has 110 valence electrons. The molecule has 0 spiro atoms. The molecule has 0 saturated carbocycles. The lowest BCUT2D eigenvalue weighted by atomic mass is 10.1. The highest BCUT2D eigenvalue weighted by molar-refractivity contribution is 5.95. The number of rotatable bonds is 2. The minimum Gasteiger partial charge on any atom is -0.454 e. The molecule has 1 aromatic carbocycles. The minimum absolute atomic E-state index is 0.121. The fourth-order valence-corrected chi connectivity index (χ4v) is 2.89. The first-order valence-electron chi connectivity index (χ1n) is 7.55. The maximum atomic E-state index is 12.3. The molecule has 0 radical (unpaired) electrons. The first kappa shape index (κ1) is 13.1. The number of pyridine rings is 1. The normalized spacial score (nSPS) is 14.6. The molecule has 0 N–H and O–H groups in total. The van der Waals surface area contributed by atoms with Crippen molar-refractivity contribution in [2.45, 2.75) is 12.8 Å². The van der Waals surface area contributed by atoms with Crippen LogP contribution in [0, 0.1) is 0 Å². The third kappa shape index (κ3) is 2.26. The zero-order valence-electron chi connectivity index (χ0n) is 12.2. The Bertz CT molecular complexity index is 781. The second kappa shape index (κ2) is 5.30. The molecule has 4 nitrogen and oxygen atoms in total. The predicted molar refractivity (Wildman–Crippen MR) is 84.6 cm³/mol. The van der Waals surface area contributed by atoms with Gasteiger partial charge in [0.25, 0.3) is 5.91 Å². The molecule has 4 heteroatoms. The summed E-state index contributed by atoms with van der Waals surface area (Å²) in [5.41, 5.74) is 3.31. The van der Waals surface area contributed by atoms with Gasteiger partial charge in [-0.15, -0.1) is 0 Å². The monoisotopic (exact) mass is 292 g/mol. The number of fused-ring (bicyclic) bond motifs is 1. The lowest BCUT2D eigenvalue weighted by molar-refractivity contribution is 0.0793. The van der Waals surface area contributed by atoms with Gasteiger partial charge in [0.15, 0.2) is 5.58 Å². The molecular formula is C18H16N2O2. The lowest BCUT2D eigenvalue weighted by Gasteiger charge is -2.15. The van der Waals surface area contributed by atoms with Crippen molar-refractivity contribution in [3.63, 3.8) is 0 Å². The predicted octanol–water partition coefficient (Wildman–Crippen LogP) is 3.73. The summed E-state index contributed by atoms with van der Waals surface area (Å²) in [6, 6.07) is 13.3. The number of aromatic nitrogens is 1. The summed E-state index contributed by atoms with van der Waals surface area (Å²) in [7, 11) is 0. The number of carbonyl (C=O) groups is 1. The summed E-state index contributed by atoms with van der Waals surface area (Å²) in [6.45, 7) is 1.74. The number of amides is 1. The lowest BCUT2D eigenvalue weighted by Crippen LogP contribution is -2.27. The van der Waals surface area contributed by atoms with Crippen molar-refractivity contribution in [1.82, 2.24) is 9.88 Å². The molecule has 1 fully saturated rings. The van der Waals surface area contributed by atoms with E-state index in [1.54, 1.807) is 6.20 Å². The maximum Gasteiger partial charge on any atom is 0.253 e. The van der Waals surface area contributed by atoms with E-state index in [0.717, 1.165) is 53.9 Å². The number of benzene rings is 1. The second-order valence-corrected chi connectivity index (χ2v) is 5.57. The number of nitrogens with zero attached hydrogens (tertiary/aromatic N) is 2.